The molecule has 0 aliphatic rings. The van der Waals surface area contributed by atoms with Crippen molar-refractivity contribution < 1.29 is 9.63 Å². The second kappa shape index (κ2) is 7.37. The fourth-order valence-electron chi connectivity index (χ4n) is 2.56. The summed E-state index contributed by atoms with van der Waals surface area (Å²) in [5, 5.41) is 5.78. The average molecular weight is 319 g/mol. The zero-order chi connectivity index (χ0) is 16.8. The third kappa shape index (κ3) is 3.57. The van der Waals surface area contributed by atoms with Crippen molar-refractivity contribution in [3.8, 4) is 0 Å². The number of fused-ring (bicyclic) bond motifs is 1. The molecule has 0 aliphatic carbocycles. The van der Waals surface area contributed by atoms with Gasteiger partial charge in [-0.2, -0.15) is 0 Å². The van der Waals surface area contributed by atoms with E-state index in [0.717, 1.165) is 21.9 Å². The highest BCUT2D eigenvalue weighted by Crippen LogP contribution is 2.22. The standard InChI is InChI=1S/C19H17N3O2/c20-19(23)18-16(8-7-15-5-1-2-6-17(15)18)9-11-22-24-13-14-4-3-10-21-12-14/h1-8,10-12H,9,13H2,(H2,20,23). The van der Waals surface area contributed by atoms with Crippen LogP contribution in [0.5, 0.6) is 0 Å². The molecule has 0 bridgehead atoms. The molecule has 1 amide bonds. The summed E-state index contributed by atoms with van der Waals surface area (Å²) >= 11 is 0. The lowest BCUT2D eigenvalue weighted by atomic mass is 9.97. The molecule has 0 spiro atoms. The number of nitrogens with two attached hydrogens (primary N) is 1. The van der Waals surface area contributed by atoms with Gasteiger partial charge in [0.05, 0.1) is 5.56 Å². The van der Waals surface area contributed by atoms with Crippen LogP contribution >= 0.6 is 0 Å². The van der Waals surface area contributed by atoms with E-state index in [1.54, 1.807) is 18.6 Å². The van der Waals surface area contributed by atoms with Crippen LogP contribution in [0.4, 0.5) is 0 Å². The minimum absolute atomic E-state index is 0.352. The van der Waals surface area contributed by atoms with Crippen LogP contribution in [0.15, 0.2) is 66.1 Å². The Morgan fingerprint density at radius 1 is 1.17 bits per heavy atom. The van der Waals surface area contributed by atoms with E-state index in [9.17, 15) is 4.79 Å². The molecule has 24 heavy (non-hydrogen) atoms. The Kier molecular flexibility index (Phi) is 4.81. The molecule has 120 valence electrons. The van der Waals surface area contributed by atoms with Gasteiger partial charge < -0.3 is 10.6 Å². The molecule has 0 saturated heterocycles. The molecule has 3 rings (SSSR count). The number of benzene rings is 2. The topological polar surface area (TPSA) is 77.6 Å². The van der Waals surface area contributed by atoms with Gasteiger partial charge in [0.15, 0.2) is 0 Å². The fourth-order valence-corrected chi connectivity index (χ4v) is 2.56. The minimum Gasteiger partial charge on any atom is -0.391 e. The van der Waals surface area contributed by atoms with Crippen molar-refractivity contribution >= 4 is 22.9 Å². The van der Waals surface area contributed by atoms with Crippen molar-refractivity contribution in [2.24, 2.45) is 10.9 Å². The van der Waals surface area contributed by atoms with Crippen LogP contribution in [0, 0.1) is 0 Å². The first kappa shape index (κ1) is 15.7. The monoisotopic (exact) mass is 319 g/mol. The third-order valence-electron chi connectivity index (χ3n) is 3.68. The lowest BCUT2D eigenvalue weighted by Gasteiger charge is -2.08. The smallest absolute Gasteiger partial charge is 0.249 e. The summed E-state index contributed by atoms with van der Waals surface area (Å²) in [5.41, 5.74) is 7.87. The SMILES string of the molecule is NC(=O)c1c(CC=NOCc2cccnc2)ccc2ccccc12. The predicted molar refractivity (Wildman–Crippen MR) is 93.7 cm³/mol. The van der Waals surface area contributed by atoms with Crippen LogP contribution in [0.25, 0.3) is 10.8 Å². The number of nitrogens with zero attached hydrogens (tertiary/aromatic N) is 2. The van der Waals surface area contributed by atoms with E-state index in [1.165, 1.54) is 0 Å². The highest BCUT2D eigenvalue weighted by Gasteiger charge is 2.11. The maximum absolute atomic E-state index is 11.8. The molecular weight excluding hydrogens is 302 g/mol. The number of carbonyl (C=O) groups is 1. The van der Waals surface area contributed by atoms with Crippen molar-refractivity contribution in [3.63, 3.8) is 0 Å². The molecule has 0 unspecified atom stereocenters. The van der Waals surface area contributed by atoms with Gasteiger partial charge in [0.1, 0.15) is 6.61 Å². The number of rotatable bonds is 6. The van der Waals surface area contributed by atoms with Crippen molar-refractivity contribution in [2.45, 2.75) is 13.0 Å². The first-order valence-corrected chi connectivity index (χ1v) is 7.59. The van der Waals surface area contributed by atoms with Crippen LogP contribution in [0.2, 0.25) is 0 Å². The van der Waals surface area contributed by atoms with Crippen LogP contribution in [0.3, 0.4) is 0 Å². The summed E-state index contributed by atoms with van der Waals surface area (Å²) in [5.74, 6) is -0.438. The first-order valence-electron chi connectivity index (χ1n) is 7.59. The second-order valence-electron chi connectivity index (χ2n) is 5.31. The predicted octanol–water partition coefficient (Wildman–Crippen LogP) is 3.08. The Bertz CT molecular complexity index is 876. The first-order chi connectivity index (χ1) is 11.8. The Hall–Kier alpha value is -3.21. The number of carbonyl (C=O) groups excluding carboxylic acids is 1. The fraction of sp³-hybridized carbons (Fsp3) is 0.105. The number of oxime groups is 1. The van der Waals surface area contributed by atoms with Gasteiger partial charge in [-0.15, -0.1) is 0 Å². The van der Waals surface area contributed by atoms with Crippen LogP contribution in [0.1, 0.15) is 21.5 Å². The molecule has 2 N–H and O–H groups in total. The second-order valence-corrected chi connectivity index (χ2v) is 5.31. The molecule has 3 aromatic rings. The van der Waals surface area contributed by atoms with E-state index in [2.05, 4.69) is 10.1 Å². The van der Waals surface area contributed by atoms with Crippen molar-refractivity contribution in [3.05, 3.63) is 77.6 Å². The number of hydrogen-bond acceptors (Lipinski definition) is 4. The zero-order valence-electron chi connectivity index (χ0n) is 13.1. The summed E-state index contributed by atoms with van der Waals surface area (Å²) in [6, 6.07) is 15.3. The van der Waals surface area contributed by atoms with Crippen molar-refractivity contribution in [2.75, 3.05) is 0 Å². The maximum atomic E-state index is 11.8. The molecule has 1 aromatic heterocycles. The summed E-state index contributed by atoms with van der Waals surface area (Å²) in [6.07, 6.45) is 5.53. The third-order valence-corrected chi connectivity index (χ3v) is 3.68. The van der Waals surface area contributed by atoms with E-state index in [-0.39, 0.29) is 0 Å². The van der Waals surface area contributed by atoms with Gasteiger partial charge in [-0.25, -0.2) is 0 Å². The van der Waals surface area contributed by atoms with Gasteiger partial charge in [-0.05, 0) is 22.4 Å². The Balaban J connectivity index is 1.72. The summed E-state index contributed by atoms with van der Waals surface area (Å²) in [7, 11) is 0. The molecule has 0 saturated carbocycles. The summed E-state index contributed by atoms with van der Waals surface area (Å²) in [6.45, 7) is 0.352. The van der Waals surface area contributed by atoms with E-state index >= 15 is 0 Å². The van der Waals surface area contributed by atoms with E-state index in [0.29, 0.717) is 18.6 Å². The molecule has 1 heterocycles. The lowest BCUT2D eigenvalue weighted by Crippen LogP contribution is -2.14. The molecular formula is C19H17N3O2. The highest BCUT2D eigenvalue weighted by atomic mass is 16.6. The number of hydrogen-bond donors (Lipinski definition) is 1. The number of pyridine rings is 1. The Morgan fingerprint density at radius 3 is 2.83 bits per heavy atom. The molecule has 5 heteroatoms. The van der Waals surface area contributed by atoms with Gasteiger partial charge in [-0.1, -0.05) is 47.6 Å². The van der Waals surface area contributed by atoms with Crippen molar-refractivity contribution in [1.29, 1.82) is 0 Å². The summed E-state index contributed by atoms with van der Waals surface area (Å²) < 4.78 is 0. The number of amides is 1. The molecule has 5 nitrogen and oxygen atoms in total. The van der Waals surface area contributed by atoms with Gasteiger partial charge in [0.25, 0.3) is 0 Å². The van der Waals surface area contributed by atoms with Gasteiger partial charge in [0, 0.05) is 30.6 Å². The molecule has 0 fully saturated rings. The highest BCUT2D eigenvalue weighted by molar-refractivity contribution is 6.08. The van der Waals surface area contributed by atoms with Gasteiger partial charge in [-0.3, -0.25) is 9.78 Å². The molecule has 0 aliphatic heterocycles. The Morgan fingerprint density at radius 2 is 2.04 bits per heavy atom. The maximum Gasteiger partial charge on any atom is 0.249 e. The lowest BCUT2D eigenvalue weighted by molar-refractivity contribution is 0.100. The van der Waals surface area contributed by atoms with Gasteiger partial charge >= 0.3 is 0 Å². The minimum atomic E-state index is -0.438. The van der Waals surface area contributed by atoms with Crippen LogP contribution in [-0.4, -0.2) is 17.1 Å². The van der Waals surface area contributed by atoms with E-state index < -0.39 is 5.91 Å². The molecule has 0 atom stereocenters. The van der Waals surface area contributed by atoms with Crippen LogP contribution in [-0.2, 0) is 17.9 Å². The number of primary amides is 1. The number of aromatic nitrogens is 1. The van der Waals surface area contributed by atoms with Crippen LogP contribution < -0.4 is 5.73 Å². The normalized spacial score (nSPS) is 11.0. The summed E-state index contributed by atoms with van der Waals surface area (Å²) in [4.78, 5) is 21.1. The molecule has 0 radical (unpaired) electrons. The van der Waals surface area contributed by atoms with E-state index in [4.69, 9.17) is 10.6 Å². The van der Waals surface area contributed by atoms with E-state index in [1.807, 2.05) is 48.5 Å². The molecule has 2 aromatic carbocycles. The van der Waals surface area contributed by atoms with Crippen molar-refractivity contribution in [1.82, 2.24) is 4.98 Å². The quantitative estimate of drug-likeness (QED) is 0.560. The zero-order valence-corrected chi connectivity index (χ0v) is 13.1. The largest absolute Gasteiger partial charge is 0.391 e. The average Bonchev–Trinajstić information content (AvgIpc) is 2.61. The van der Waals surface area contributed by atoms with Gasteiger partial charge in [0.2, 0.25) is 5.91 Å². The Labute approximate surface area is 139 Å².